The van der Waals surface area contributed by atoms with E-state index in [1.165, 1.54) is 0 Å². The summed E-state index contributed by atoms with van der Waals surface area (Å²) < 4.78 is 0.870. The highest BCUT2D eigenvalue weighted by Crippen LogP contribution is 2.22. The van der Waals surface area contributed by atoms with Gasteiger partial charge in [0, 0.05) is 16.6 Å². The largest absolute Gasteiger partial charge is 0.347 e. The SMILES string of the molecule is CC1CCNC(C)C1NC(=O)c1ccc(Br)cc1Cl.Cl. The van der Waals surface area contributed by atoms with Gasteiger partial charge in [0.2, 0.25) is 0 Å². The van der Waals surface area contributed by atoms with Gasteiger partial charge >= 0.3 is 0 Å². The minimum Gasteiger partial charge on any atom is -0.347 e. The number of amides is 1. The van der Waals surface area contributed by atoms with Crippen molar-refractivity contribution in [3.05, 3.63) is 33.3 Å². The van der Waals surface area contributed by atoms with E-state index in [2.05, 4.69) is 40.4 Å². The summed E-state index contributed by atoms with van der Waals surface area (Å²) in [5.74, 6) is 0.360. The maximum absolute atomic E-state index is 12.3. The lowest BCUT2D eigenvalue weighted by atomic mass is 9.89. The van der Waals surface area contributed by atoms with Gasteiger partial charge in [-0.15, -0.1) is 12.4 Å². The van der Waals surface area contributed by atoms with Crippen molar-refractivity contribution >= 4 is 45.8 Å². The van der Waals surface area contributed by atoms with Crippen molar-refractivity contribution in [2.24, 2.45) is 5.92 Å². The van der Waals surface area contributed by atoms with Gasteiger partial charge in [0.05, 0.1) is 10.6 Å². The third kappa shape index (κ3) is 4.10. The van der Waals surface area contributed by atoms with Gasteiger partial charge in [-0.25, -0.2) is 0 Å². The van der Waals surface area contributed by atoms with Crippen molar-refractivity contribution in [2.75, 3.05) is 6.54 Å². The molecule has 2 N–H and O–H groups in total. The van der Waals surface area contributed by atoms with E-state index in [9.17, 15) is 4.79 Å². The standard InChI is InChI=1S/C14H18BrClN2O.ClH/c1-8-5-6-17-9(2)13(8)18-14(19)11-4-3-10(15)7-12(11)16;/h3-4,7-9,13,17H,5-6H2,1-2H3,(H,18,19);1H. The third-order valence-electron chi connectivity index (χ3n) is 3.69. The van der Waals surface area contributed by atoms with Gasteiger partial charge in [-0.05, 0) is 44.0 Å². The maximum Gasteiger partial charge on any atom is 0.253 e. The summed E-state index contributed by atoms with van der Waals surface area (Å²) in [7, 11) is 0. The van der Waals surface area contributed by atoms with Gasteiger partial charge in [0.1, 0.15) is 0 Å². The smallest absolute Gasteiger partial charge is 0.253 e. The van der Waals surface area contributed by atoms with Crippen LogP contribution in [-0.4, -0.2) is 24.5 Å². The number of carbonyl (C=O) groups excluding carboxylic acids is 1. The molecule has 0 aliphatic carbocycles. The Kier molecular flexibility index (Phi) is 6.79. The summed E-state index contributed by atoms with van der Waals surface area (Å²) >= 11 is 9.45. The zero-order valence-electron chi connectivity index (χ0n) is 11.5. The van der Waals surface area contributed by atoms with E-state index in [0.717, 1.165) is 17.4 Å². The summed E-state index contributed by atoms with van der Waals surface area (Å²) in [5.41, 5.74) is 0.523. The average Bonchev–Trinajstić information content (AvgIpc) is 2.33. The summed E-state index contributed by atoms with van der Waals surface area (Å²) in [5, 5.41) is 6.95. The third-order valence-corrected chi connectivity index (χ3v) is 4.50. The van der Waals surface area contributed by atoms with Gasteiger partial charge in [0.15, 0.2) is 0 Å². The van der Waals surface area contributed by atoms with Crippen LogP contribution in [-0.2, 0) is 0 Å². The van der Waals surface area contributed by atoms with Crippen LogP contribution < -0.4 is 10.6 Å². The molecule has 0 spiro atoms. The molecule has 112 valence electrons. The molecule has 0 saturated carbocycles. The zero-order valence-corrected chi connectivity index (χ0v) is 14.6. The highest BCUT2D eigenvalue weighted by atomic mass is 79.9. The van der Waals surface area contributed by atoms with Crippen LogP contribution in [0.1, 0.15) is 30.6 Å². The van der Waals surface area contributed by atoms with Crippen molar-refractivity contribution in [3.8, 4) is 0 Å². The number of nitrogens with one attached hydrogen (secondary N) is 2. The molecule has 0 bridgehead atoms. The normalized spacial score (nSPS) is 25.7. The fourth-order valence-electron chi connectivity index (χ4n) is 2.51. The summed E-state index contributed by atoms with van der Waals surface area (Å²) in [4.78, 5) is 12.3. The van der Waals surface area contributed by atoms with Crippen LogP contribution in [0.25, 0.3) is 0 Å². The Balaban J connectivity index is 0.00000200. The Labute approximate surface area is 139 Å². The molecule has 1 aromatic rings. The lowest BCUT2D eigenvalue weighted by molar-refractivity contribution is 0.0898. The highest BCUT2D eigenvalue weighted by molar-refractivity contribution is 9.10. The Hall–Kier alpha value is -0.290. The zero-order chi connectivity index (χ0) is 14.0. The molecule has 1 aliphatic rings. The number of halogens is 3. The van der Waals surface area contributed by atoms with E-state index in [-0.39, 0.29) is 30.4 Å². The number of piperidine rings is 1. The first-order chi connectivity index (χ1) is 8.99. The monoisotopic (exact) mass is 380 g/mol. The highest BCUT2D eigenvalue weighted by Gasteiger charge is 2.29. The average molecular weight is 382 g/mol. The van der Waals surface area contributed by atoms with Crippen LogP contribution in [0, 0.1) is 5.92 Å². The summed E-state index contributed by atoms with van der Waals surface area (Å²) in [6.45, 7) is 5.28. The molecule has 1 aliphatic heterocycles. The maximum atomic E-state index is 12.3. The van der Waals surface area contributed by atoms with Crippen LogP contribution in [0.5, 0.6) is 0 Å². The summed E-state index contributed by atoms with van der Waals surface area (Å²) in [6, 6.07) is 5.73. The topological polar surface area (TPSA) is 41.1 Å². The molecular weight excluding hydrogens is 363 g/mol. The lowest BCUT2D eigenvalue weighted by Crippen LogP contribution is -2.55. The van der Waals surface area contributed by atoms with Crippen molar-refractivity contribution in [1.29, 1.82) is 0 Å². The Morgan fingerprint density at radius 2 is 2.15 bits per heavy atom. The quantitative estimate of drug-likeness (QED) is 0.820. The van der Waals surface area contributed by atoms with Crippen LogP contribution in [0.4, 0.5) is 0 Å². The second-order valence-corrected chi connectivity index (χ2v) is 6.46. The van der Waals surface area contributed by atoms with E-state index >= 15 is 0 Å². The van der Waals surface area contributed by atoms with Crippen LogP contribution in [0.2, 0.25) is 5.02 Å². The fraction of sp³-hybridized carbons (Fsp3) is 0.500. The first-order valence-electron chi connectivity index (χ1n) is 6.48. The Bertz CT molecular complexity index is 474. The molecule has 1 aromatic carbocycles. The van der Waals surface area contributed by atoms with Crippen LogP contribution in [0.15, 0.2) is 22.7 Å². The van der Waals surface area contributed by atoms with E-state index in [1.54, 1.807) is 12.1 Å². The van der Waals surface area contributed by atoms with E-state index in [0.29, 0.717) is 16.5 Å². The van der Waals surface area contributed by atoms with Gasteiger partial charge in [-0.3, -0.25) is 4.79 Å². The van der Waals surface area contributed by atoms with Gasteiger partial charge in [-0.2, -0.15) is 0 Å². The minimum absolute atomic E-state index is 0. The van der Waals surface area contributed by atoms with E-state index < -0.39 is 0 Å². The van der Waals surface area contributed by atoms with Gasteiger partial charge < -0.3 is 10.6 Å². The molecule has 1 fully saturated rings. The fourth-order valence-corrected chi connectivity index (χ4v) is 3.27. The van der Waals surface area contributed by atoms with Gasteiger partial charge in [-0.1, -0.05) is 34.5 Å². The molecule has 3 nitrogen and oxygen atoms in total. The molecule has 0 radical (unpaired) electrons. The molecule has 3 atom stereocenters. The number of rotatable bonds is 2. The molecule has 6 heteroatoms. The van der Waals surface area contributed by atoms with Crippen LogP contribution in [0.3, 0.4) is 0 Å². The molecular formula is C14H19BrCl2N2O. The first-order valence-corrected chi connectivity index (χ1v) is 7.65. The number of benzene rings is 1. The van der Waals surface area contributed by atoms with Crippen LogP contribution >= 0.6 is 39.9 Å². The summed E-state index contributed by atoms with van der Waals surface area (Å²) in [6.07, 6.45) is 1.07. The van der Waals surface area contributed by atoms with Gasteiger partial charge in [0.25, 0.3) is 5.91 Å². The second kappa shape index (κ2) is 7.64. The van der Waals surface area contributed by atoms with E-state index in [1.807, 2.05) is 6.07 Å². The van der Waals surface area contributed by atoms with Crippen molar-refractivity contribution in [2.45, 2.75) is 32.4 Å². The Morgan fingerprint density at radius 3 is 2.75 bits per heavy atom. The molecule has 0 aromatic heterocycles. The first kappa shape index (κ1) is 17.8. The Morgan fingerprint density at radius 1 is 1.45 bits per heavy atom. The molecule has 3 unspecified atom stereocenters. The van der Waals surface area contributed by atoms with Crippen molar-refractivity contribution in [3.63, 3.8) is 0 Å². The van der Waals surface area contributed by atoms with Crippen molar-refractivity contribution in [1.82, 2.24) is 10.6 Å². The molecule has 20 heavy (non-hydrogen) atoms. The lowest BCUT2D eigenvalue weighted by Gasteiger charge is -2.36. The molecule has 2 rings (SSSR count). The molecule has 1 heterocycles. The van der Waals surface area contributed by atoms with E-state index in [4.69, 9.17) is 11.6 Å². The molecule has 1 amide bonds. The predicted molar refractivity (Wildman–Crippen MR) is 88.9 cm³/mol. The molecule has 1 saturated heterocycles. The number of hydrogen-bond acceptors (Lipinski definition) is 2. The second-order valence-electron chi connectivity index (χ2n) is 5.13. The number of hydrogen-bond donors (Lipinski definition) is 2. The van der Waals surface area contributed by atoms with Crippen molar-refractivity contribution < 1.29 is 4.79 Å². The number of carbonyl (C=O) groups is 1. The minimum atomic E-state index is -0.107. The predicted octanol–water partition coefficient (Wildman–Crippen LogP) is 3.64.